The fourth-order valence-corrected chi connectivity index (χ4v) is 1.89. The van der Waals surface area contributed by atoms with Crippen molar-refractivity contribution in [1.29, 1.82) is 0 Å². The Morgan fingerprint density at radius 3 is 2.50 bits per heavy atom. The van der Waals surface area contributed by atoms with E-state index in [1.807, 2.05) is 0 Å². The van der Waals surface area contributed by atoms with Gasteiger partial charge >= 0.3 is 0 Å². The maximum Gasteiger partial charge on any atom is 0.166 e. The lowest BCUT2D eigenvalue weighted by Crippen LogP contribution is -2.44. The monoisotopic (exact) mass is 218 g/mol. The van der Waals surface area contributed by atoms with E-state index in [0.29, 0.717) is 17.7 Å². The Bertz CT molecular complexity index is 182. The number of nitrogens with one attached hydrogen (secondary N) is 2. The average molecular weight is 218 g/mol. The first-order valence-electron chi connectivity index (χ1n) is 5.05. The Kier molecular flexibility index (Phi) is 5.14. The van der Waals surface area contributed by atoms with E-state index in [-0.39, 0.29) is 12.7 Å². The van der Waals surface area contributed by atoms with Crippen molar-refractivity contribution in [1.82, 2.24) is 10.6 Å². The minimum atomic E-state index is -0.132. The predicted molar refractivity (Wildman–Crippen MR) is 59.1 cm³/mol. The molecule has 0 saturated heterocycles. The van der Waals surface area contributed by atoms with E-state index < -0.39 is 0 Å². The van der Waals surface area contributed by atoms with Crippen LogP contribution in [0.5, 0.6) is 0 Å². The quantitative estimate of drug-likeness (QED) is 0.492. The van der Waals surface area contributed by atoms with E-state index in [1.165, 1.54) is 0 Å². The van der Waals surface area contributed by atoms with E-state index in [9.17, 15) is 5.11 Å². The molecule has 0 aromatic heterocycles. The van der Waals surface area contributed by atoms with Gasteiger partial charge in [-0.2, -0.15) is 0 Å². The first-order valence-corrected chi connectivity index (χ1v) is 5.46. The fraction of sp³-hybridized carbons (Fsp3) is 0.889. The van der Waals surface area contributed by atoms with E-state index in [0.717, 1.165) is 25.7 Å². The lowest BCUT2D eigenvalue weighted by molar-refractivity contribution is 0.120. The normalized spacial score (nSPS) is 27.0. The zero-order valence-corrected chi connectivity index (χ0v) is 9.02. The number of thiocarbonyl (C=S) groups is 1. The molecule has 0 aromatic rings. The summed E-state index contributed by atoms with van der Waals surface area (Å²) in [5.74, 6) is 0. The lowest BCUT2D eigenvalue weighted by atomic mass is 9.93. The van der Waals surface area contributed by atoms with Crippen LogP contribution in [0, 0.1) is 0 Å². The molecule has 82 valence electrons. The van der Waals surface area contributed by atoms with E-state index >= 15 is 0 Å². The molecule has 0 heterocycles. The highest BCUT2D eigenvalue weighted by Crippen LogP contribution is 2.17. The average Bonchev–Trinajstić information content (AvgIpc) is 2.18. The summed E-state index contributed by atoms with van der Waals surface area (Å²) in [7, 11) is 0. The molecule has 4 N–H and O–H groups in total. The molecule has 4 nitrogen and oxygen atoms in total. The molecule has 0 spiro atoms. The van der Waals surface area contributed by atoms with Crippen molar-refractivity contribution in [3.8, 4) is 0 Å². The molecule has 0 aromatic carbocycles. The minimum Gasteiger partial charge on any atom is -0.395 e. The molecular weight excluding hydrogens is 200 g/mol. The lowest BCUT2D eigenvalue weighted by Gasteiger charge is -2.27. The molecule has 0 radical (unpaired) electrons. The summed E-state index contributed by atoms with van der Waals surface area (Å²) in [6, 6.07) is 0.372. The highest BCUT2D eigenvalue weighted by molar-refractivity contribution is 7.80. The van der Waals surface area contributed by atoms with Crippen LogP contribution >= 0.6 is 12.2 Å². The van der Waals surface area contributed by atoms with Gasteiger partial charge in [0.25, 0.3) is 0 Å². The van der Waals surface area contributed by atoms with Crippen LogP contribution < -0.4 is 10.6 Å². The van der Waals surface area contributed by atoms with Gasteiger partial charge in [-0.15, -0.1) is 0 Å². The fourth-order valence-electron chi connectivity index (χ4n) is 1.63. The Balaban J connectivity index is 2.14. The van der Waals surface area contributed by atoms with Crippen molar-refractivity contribution in [2.75, 3.05) is 13.2 Å². The molecular formula is C9H18N2O2S. The molecule has 0 bridgehead atoms. The Labute approximate surface area is 89.7 Å². The van der Waals surface area contributed by atoms with Crippen LogP contribution in [-0.4, -0.2) is 40.6 Å². The van der Waals surface area contributed by atoms with Crippen LogP contribution in [0.1, 0.15) is 25.7 Å². The van der Waals surface area contributed by atoms with Gasteiger partial charge in [-0.05, 0) is 37.9 Å². The largest absolute Gasteiger partial charge is 0.395 e. The molecule has 0 atom stereocenters. The highest BCUT2D eigenvalue weighted by atomic mass is 32.1. The third-order valence-corrected chi connectivity index (χ3v) is 2.69. The molecule has 1 aliphatic rings. The van der Waals surface area contributed by atoms with Gasteiger partial charge in [0.15, 0.2) is 5.11 Å². The second-order valence-corrected chi connectivity index (χ2v) is 4.04. The Morgan fingerprint density at radius 2 is 1.93 bits per heavy atom. The summed E-state index contributed by atoms with van der Waals surface area (Å²) in [5.41, 5.74) is 0. The van der Waals surface area contributed by atoms with Crippen molar-refractivity contribution in [3.63, 3.8) is 0 Å². The third-order valence-electron chi connectivity index (χ3n) is 2.43. The van der Waals surface area contributed by atoms with Crippen molar-refractivity contribution >= 4 is 17.3 Å². The molecule has 0 unspecified atom stereocenters. The van der Waals surface area contributed by atoms with Crippen LogP contribution in [-0.2, 0) is 0 Å². The van der Waals surface area contributed by atoms with Crippen LogP contribution in [0.3, 0.4) is 0 Å². The predicted octanol–water partition coefficient (Wildman–Crippen LogP) is -0.254. The van der Waals surface area contributed by atoms with Crippen LogP contribution in [0.25, 0.3) is 0 Å². The van der Waals surface area contributed by atoms with E-state index in [4.69, 9.17) is 17.3 Å². The van der Waals surface area contributed by atoms with Gasteiger partial charge in [0.1, 0.15) is 0 Å². The van der Waals surface area contributed by atoms with Gasteiger partial charge in [-0.1, -0.05) is 0 Å². The summed E-state index contributed by atoms with van der Waals surface area (Å²) < 4.78 is 0. The van der Waals surface area contributed by atoms with Gasteiger partial charge in [0.2, 0.25) is 0 Å². The first kappa shape index (κ1) is 11.7. The van der Waals surface area contributed by atoms with Gasteiger partial charge in [0.05, 0.1) is 12.7 Å². The number of rotatable bonds is 3. The van der Waals surface area contributed by atoms with E-state index in [1.54, 1.807) is 0 Å². The summed E-state index contributed by atoms with van der Waals surface area (Å²) >= 11 is 5.03. The second kappa shape index (κ2) is 6.16. The van der Waals surface area contributed by atoms with Crippen molar-refractivity contribution in [2.24, 2.45) is 0 Å². The standard InChI is InChI=1S/C9H18N2O2S/c12-6-5-10-9(14)11-7-1-3-8(13)4-2-7/h7-8,12-13H,1-6H2,(H2,10,11,14). The molecule has 1 rings (SSSR count). The van der Waals surface area contributed by atoms with Crippen LogP contribution in [0.15, 0.2) is 0 Å². The maximum absolute atomic E-state index is 9.29. The van der Waals surface area contributed by atoms with Gasteiger partial charge in [-0.25, -0.2) is 0 Å². The topological polar surface area (TPSA) is 64.5 Å². The van der Waals surface area contributed by atoms with Crippen molar-refractivity contribution < 1.29 is 10.2 Å². The molecule has 0 aliphatic heterocycles. The molecule has 1 saturated carbocycles. The molecule has 5 heteroatoms. The summed E-state index contributed by atoms with van der Waals surface area (Å²) in [6.07, 6.45) is 3.48. The first-order chi connectivity index (χ1) is 6.72. The van der Waals surface area contributed by atoms with Gasteiger partial charge in [-0.3, -0.25) is 0 Å². The summed E-state index contributed by atoms with van der Waals surface area (Å²) in [6.45, 7) is 0.576. The molecule has 1 aliphatic carbocycles. The smallest absolute Gasteiger partial charge is 0.166 e. The summed E-state index contributed by atoms with van der Waals surface area (Å²) in [5, 5.41) is 24.5. The Morgan fingerprint density at radius 1 is 1.29 bits per heavy atom. The van der Waals surface area contributed by atoms with Crippen LogP contribution in [0.4, 0.5) is 0 Å². The zero-order chi connectivity index (χ0) is 10.4. The van der Waals surface area contributed by atoms with Gasteiger partial charge < -0.3 is 20.8 Å². The van der Waals surface area contributed by atoms with Crippen molar-refractivity contribution in [2.45, 2.75) is 37.8 Å². The number of aliphatic hydroxyl groups is 2. The molecule has 0 amide bonds. The van der Waals surface area contributed by atoms with E-state index in [2.05, 4.69) is 10.6 Å². The number of hydrogen-bond donors (Lipinski definition) is 4. The summed E-state index contributed by atoms with van der Waals surface area (Å²) in [4.78, 5) is 0. The minimum absolute atomic E-state index is 0.0885. The Hall–Kier alpha value is -0.390. The third kappa shape index (κ3) is 4.21. The number of aliphatic hydroxyl groups excluding tert-OH is 2. The second-order valence-electron chi connectivity index (χ2n) is 3.63. The highest BCUT2D eigenvalue weighted by Gasteiger charge is 2.19. The van der Waals surface area contributed by atoms with Crippen LogP contribution in [0.2, 0.25) is 0 Å². The molecule has 14 heavy (non-hydrogen) atoms. The zero-order valence-electron chi connectivity index (χ0n) is 8.20. The SMILES string of the molecule is OCCNC(=S)NC1CCC(O)CC1. The number of hydrogen-bond acceptors (Lipinski definition) is 3. The molecule has 1 fully saturated rings. The van der Waals surface area contributed by atoms with Gasteiger partial charge in [0, 0.05) is 12.6 Å². The maximum atomic E-state index is 9.29. The van der Waals surface area contributed by atoms with Crippen molar-refractivity contribution in [3.05, 3.63) is 0 Å².